The van der Waals surface area contributed by atoms with Crippen LogP contribution in [0.2, 0.25) is 0 Å². The Morgan fingerprint density at radius 3 is 2.40 bits per heavy atom. The maximum atomic E-state index is 10.0. The fraction of sp³-hybridized carbons (Fsp3) is 0.250. The van der Waals surface area contributed by atoms with Gasteiger partial charge in [-0.3, -0.25) is 4.90 Å². The molecule has 0 aliphatic heterocycles. The maximum absolute atomic E-state index is 10.0. The summed E-state index contributed by atoms with van der Waals surface area (Å²) in [5, 5.41) is 19.2. The minimum atomic E-state index is 0.0988. The van der Waals surface area contributed by atoms with Gasteiger partial charge in [-0.2, -0.15) is 0 Å². The Balaban J connectivity index is 2.11. The SMILES string of the molecule is OCCN(Cc1ccccc1)Cc1cccc(Br)c1O. The van der Waals surface area contributed by atoms with Gasteiger partial charge >= 0.3 is 0 Å². The van der Waals surface area contributed by atoms with Crippen molar-refractivity contribution in [2.75, 3.05) is 13.2 Å². The highest BCUT2D eigenvalue weighted by Gasteiger charge is 2.11. The van der Waals surface area contributed by atoms with E-state index in [1.54, 1.807) is 0 Å². The predicted molar refractivity (Wildman–Crippen MR) is 83.4 cm³/mol. The van der Waals surface area contributed by atoms with Gasteiger partial charge in [0, 0.05) is 25.2 Å². The molecule has 0 aliphatic rings. The summed E-state index contributed by atoms with van der Waals surface area (Å²) in [6.07, 6.45) is 0. The van der Waals surface area contributed by atoms with Crippen molar-refractivity contribution >= 4 is 15.9 Å². The van der Waals surface area contributed by atoms with Crippen LogP contribution in [0.5, 0.6) is 5.75 Å². The Morgan fingerprint density at radius 2 is 1.70 bits per heavy atom. The highest BCUT2D eigenvalue weighted by atomic mass is 79.9. The maximum Gasteiger partial charge on any atom is 0.134 e. The lowest BCUT2D eigenvalue weighted by Crippen LogP contribution is -2.26. The van der Waals surface area contributed by atoms with Crippen molar-refractivity contribution in [2.45, 2.75) is 13.1 Å². The molecule has 2 aromatic rings. The average Bonchev–Trinajstić information content (AvgIpc) is 2.45. The van der Waals surface area contributed by atoms with Gasteiger partial charge in [0.2, 0.25) is 0 Å². The van der Waals surface area contributed by atoms with Crippen LogP contribution < -0.4 is 0 Å². The molecular weight excluding hydrogens is 318 g/mol. The van der Waals surface area contributed by atoms with Gasteiger partial charge in [0.15, 0.2) is 0 Å². The van der Waals surface area contributed by atoms with E-state index >= 15 is 0 Å². The van der Waals surface area contributed by atoms with E-state index in [9.17, 15) is 10.2 Å². The largest absolute Gasteiger partial charge is 0.506 e. The van der Waals surface area contributed by atoms with Crippen molar-refractivity contribution in [3.63, 3.8) is 0 Å². The van der Waals surface area contributed by atoms with E-state index in [1.165, 1.54) is 5.56 Å². The second-order valence-corrected chi connectivity index (χ2v) is 5.52. The molecule has 0 saturated heterocycles. The van der Waals surface area contributed by atoms with Gasteiger partial charge in [0.1, 0.15) is 5.75 Å². The van der Waals surface area contributed by atoms with Gasteiger partial charge in [0.05, 0.1) is 11.1 Å². The number of benzene rings is 2. The lowest BCUT2D eigenvalue weighted by Gasteiger charge is -2.22. The summed E-state index contributed by atoms with van der Waals surface area (Å²) in [6.45, 7) is 2.01. The van der Waals surface area contributed by atoms with Crippen LogP contribution in [0, 0.1) is 0 Å². The first-order valence-electron chi connectivity index (χ1n) is 6.54. The van der Waals surface area contributed by atoms with E-state index in [0.717, 1.165) is 12.1 Å². The monoisotopic (exact) mass is 335 g/mol. The molecule has 106 valence electrons. The minimum Gasteiger partial charge on any atom is -0.506 e. The molecule has 4 heteroatoms. The second-order valence-electron chi connectivity index (χ2n) is 4.67. The number of para-hydroxylation sites is 1. The fourth-order valence-electron chi connectivity index (χ4n) is 2.13. The molecule has 0 heterocycles. The molecule has 0 fully saturated rings. The van der Waals surface area contributed by atoms with Gasteiger partial charge in [-0.1, -0.05) is 42.5 Å². The first-order chi connectivity index (χ1) is 9.70. The molecular formula is C16H18BrNO2. The standard InChI is InChI=1S/C16H18BrNO2/c17-15-8-4-7-14(16(15)20)12-18(9-10-19)11-13-5-2-1-3-6-13/h1-8,19-20H,9-12H2. The molecule has 3 nitrogen and oxygen atoms in total. The fourth-order valence-corrected chi connectivity index (χ4v) is 2.53. The number of hydrogen-bond acceptors (Lipinski definition) is 3. The summed E-state index contributed by atoms with van der Waals surface area (Å²) in [7, 11) is 0. The third kappa shape index (κ3) is 4.07. The number of nitrogens with zero attached hydrogens (tertiary/aromatic N) is 1. The lowest BCUT2D eigenvalue weighted by atomic mass is 10.1. The summed E-state index contributed by atoms with van der Waals surface area (Å²) in [5.74, 6) is 0.267. The zero-order valence-electron chi connectivity index (χ0n) is 11.2. The Kier molecular flexibility index (Phi) is 5.59. The minimum absolute atomic E-state index is 0.0988. The van der Waals surface area contributed by atoms with E-state index in [-0.39, 0.29) is 12.4 Å². The number of phenolic OH excluding ortho intramolecular Hbond substituents is 1. The lowest BCUT2D eigenvalue weighted by molar-refractivity contribution is 0.183. The van der Waals surface area contributed by atoms with Gasteiger partial charge in [0.25, 0.3) is 0 Å². The summed E-state index contributed by atoms with van der Waals surface area (Å²) < 4.78 is 0.693. The smallest absolute Gasteiger partial charge is 0.134 e. The van der Waals surface area contributed by atoms with Gasteiger partial charge in [-0.15, -0.1) is 0 Å². The van der Waals surface area contributed by atoms with Crippen molar-refractivity contribution in [1.82, 2.24) is 4.90 Å². The van der Waals surface area contributed by atoms with Crippen molar-refractivity contribution in [3.05, 3.63) is 64.1 Å². The molecule has 2 N–H and O–H groups in total. The number of hydrogen-bond donors (Lipinski definition) is 2. The van der Waals surface area contributed by atoms with Crippen LogP contribution >= 0.6 is 15.9 Å². The Bertz CT molecular complexity index is 545. The molecule has 20 heavy (non-hydrogen) atoms. The van der Waals surface area contributed by atoms with Crippen LogP contribution in [-0.4, -0.2) is 28.3 Å². The molecule has 2 aromatic carbocycles. The molecule has 0 spiro atoms. The molecule has 0 saturated carbocycles. The summed E-state index contributed by atoms with van der Waals surface area (Å²) in [5.41, 5.74) is 2.04. The summed E-state index contributed by atoms with van der Waals surface area (Å²) in [6, 6.07) is 15.7. The van der Waals surface area contributed by atoms with Crippen LogP contribution in [0.4, 0.5) is 0 Å². The highest BCUT2D eigenvalue weighted by Crippen LogP contribution is 2.28. The van der Waals surface area contributed by atoms with E-state index in [4.69, 9.17) is 0 Å². The van der Waals surface area contributed by atoms with Crippen LogP contribution in [0.15, 0.2) is 53.0 Å². The topological polar surface area (TPSA) is 43.7 Å². The Morgan fingerprint density at radius 1 is 0.950 bits per heavy atom. The quantitative estimate of drug-likeness (QED) is 0.852. The zero-order chi connectivity index (χ0) is 14.4. The van der Waals surface area contributed by atoms with Crippen LogP contribution in [0.3, 0.4) is 0 Å². The van der Waals surface area contributed by atoms with E-state index in [2.05, 4.69) is 33.0 Å². The first kappa shape index (κ1) is 15.0. The van der Waals surface area contributed by atoms with Crippen molar-refractivity contribution in [3.8, 4) is 5.75 Å². The zero-order valence-corrected chi connectivity index (χ0v) is 12.8. The molecule has 0 aliphatic carbocycles. The molecule has 0 aromatic heterocycles. The van der Waals surface area contributed by atoms with E-state index in [1.807, 2.05) is 36.4 Å². The van der Waals surface area contributed by atoms with Crippen molar-refractivity contribution in [1.29, 1.82) is 0 Å². The second kappa shape index (κ2) is 7.43. The number of rotatable bonds is 6. The molecule has 0 atom stereocenters. The molecule has 0 unspecified atom stereocenters. The predicted octanol–water partition coefficient (Wildman–Crippen LogP) is 3.15. The number of aliphatic hydroxyl groups excluding tert-OH is 1. The van der Waals surface area contributed by atoms with Crippen molar-refractivity contribution in [2.24, 2.45) is 0 Å². The van der Waals surface area contributed by atoms with Gasteiger partial charge in [-0.05, 0) is 27.6 Å². The van der Waals surface area contributed by atoms with Gasteiger partial charge in [-0.25, -0.2) is 0 Å². The molecule has 0 bridgehead atoms. The van der Waals surface area contributed by atoms with Crippen LogP contribution in [0.25, 0.3) is 0 Å². The highest BCUT2D eigenvalue weighted by molar-refractivity contribution is 9.10. The Hall–Kier alpha value is -1.36. The summed E-state index contributed by atoms with van der Waals surface area (Å²) in [4.78, 5) is 2.11. The number of aliphatic hydroxyl groups is 1. The average molecular weight is 336 g/mol. The Labute approximate surface area is 127 Å². The molecule has 0 radical (unpaired) electrons. The van der Waals surface area contributed by atoms with E-state index < -0.39 is 0 Å². The first-order valence-corrected chi connectivity index (χ1v) is 7.33. The van der Waals surface area contributed by atoms with Crippen LogP contribution in [-0.2, 0) is 13.1 Å². The number of phenols is 1. The molecule has 0 amide bonds. The van der Waals surface area contributed by atoms with Crippen LogP contribution in [0.1, 0.15) is 11.1 Å². The third-order valence-electron chi connectivity index (χ3n) is 3.13. The molecule has 2 rings (SSSR count). The van der Waals surface area contributed by atoms with Gasteiger partial charge < -0.3 is 10.2 Å². The third-order valence-corrected chi connectivity index (χ3v) is 3.77. The van der Waals surface area contributed by atoms with Crippen molar-refractivity contribution < 1.29 is 10.2 Å². The normalized spacial score (nSPS) is 10.9. The van der Waals surface area contributed by atoms with E-state index in [0.29, 0.717) is 17.6 Å². The number of halogens is 1. The number of aromatic hydroxyl groups is 1. The summed E-state index contributed by atoms with van der Waals surface area (Å²) >= 11 is 3.32.